The van der Waals surface area contributed by atoms with Crippen molar-refractivity contribution in [1.29, 1.82) is 0 Å². The van der Waals surface area contributed by atoms with E-state index in [2.05, 4.69) is 15.2 Å². The number of ether oxygens (including phenoxy) is 1. The molecule has 0 aliphatic heterocycles. The molecule has 5 nitrogen and oxygen atoms in total. The second-order valence-corrected chi connectivity index (χ2v) is 5.37. The lowest BCUT2D eigenvalue weighted by molar-refractivity contribution is -0.139. The number of H-pyrrole nitrogens is 1. The highest BCUT2D eigenvalue weighted by molar-refractivity contribution is 7.99. The Hall–Kier alpha value is -1.60. The van der Waals surface area contributed by atoms with Crippen LogP contribution in [0.5, 0.6) is 0 Å². The van der Waals surface area contributed by atoms with E-state index >= 15 is 0 Å². The van der Waals surface area contributed by atoms with Crippen LogP contribution in [0.1, 0.15) is 17.6 Å². The van der Waals surface area contributed by atoms with Gasteiger partial charge >= 0.3 is 5.97 Å². The SMILES string of the molecule is CCOC(=O)CSc1n[nH]c(C=Cc2cccs2)n1. The molecule has 2 heterocycles. The molecule has 19 heavy (non-hydrogen) atoms. The summed E-state index contributed by atoms with van der Waals surface area (Å²) in [4.78, 5) is 16.6. The van der Waals surface area contributed by atoms with E-state index < -0.39 is 0 Å². The number of aromatic nitrogens is 3. The number of nitrogens with zero attached hydrogens (tertiary/aromatic N) is 2. The Kier molecular flexibility index (Phi) is 5.17. The van der Waals surface area contributed by atoms with Crippen LogP contribution in [-0.4, -0.2) is 33.5 Å². The lowest BCUT2D eigenvalue weighted by Gasteiger charge is -1.97. The molecule has 0 aliphatic carbocycles. The van der Waals surface area contributed by atoms with Gasteiger partial charge < -0.3 is 4.74 Å². The topological polar surface area (TPSA) is 67.9 Å². The fourth-order valence-electron chi connectivity index (χ4n) is 1.27. The van der Waals surface area contributed by atoms with Gasteiger partial charge in [0.15, 0.2) is 0 Å². The third kappa shape index (κ3) is 4.53. The summed E-state index contributed by atoms with van der Waals surface area (Å²) in [6, 6.07) is 4.01. The van der Waals surface area contributed by atoms with Crippen molar-refractivity contribution in [2.45, 2.75) is 12.1 Å². The van der Waals surface area contributed by atoms with Crippen LogP contribution in [0.2, 0.25) is 0 Å². The van der Waals surface area contributed by atoms with Crippen molar-refractivity contribution in [3.63, 3.8) is 0 Å². The first-order valence-electron chi connectivity index (χ1n) is 5.70. The van der Waals surface area contributed by atoms with Crippen LogP contribution in [0.25, 0.3) is 12.2 Å². The minimum atomic E-state index is -0.257. The molecule has 7 heteroatoms. The van der Waals surface area contributed by atoms with Crippen molar-refractivity contribution in [3.8, 4) is 0 Å². The molecule has 0 fully saturated rings. The molecule has 2 rings (SSSR count). The second kappa shape index (κ2) is 7.10. The van der Waals surface area contributed by atoms with Crippen molar-refractivity contribution < 1.29 is 9.53 Å². The van der Waals surface area contributed by atoms with E-state index in [0.717, 1.165) is 4.88 Å². The van der Waals surface area contributed by atoms with E-state index in [4.69, 9.17) is 4.74 Å². The zero-order valence-electron chi connectivity index (χ0n) is 10.3. The Morgan fingerprint density at radius 2 is 2.47 bits per heavy atom. The molecule has 2 aromatic heterocycles. The van der Waals surface area contributed by atoms with Gasteiger partial charge in [-0.25, -0.2) is 4.98 Å². The molecular formula is C12H13N3O2S2. The van der Waals surface area contributed by atoms with E-state index in [-0.39, 0.29) is 11.7 Å². The standard InChI is InChI=1S/C12H13N3O2S2/c1-2-17-11(16)8-19-12-13-10(14-15-12)6-5-9-4-3-7-18-9/h3-7H,2,8H2,1H3,(H,13,14,15). The number of aromatic amines is 1. The quantitative estimate of drug-likeness (QED) is 0.655. The van der Waals surface area contributed by atoms with E-state index in [0.29, 0.717) is 17.6 Å². The summed E-state index contributed by atoms with van der Waals surface area (Å²) in [5.74, 6) is 0.632. The fraction of sp³-hybridized carbons (Fsp3) is 0.250. The smallest absolute Gasteiger partial charge is 0.316 e. The highest BCUT2D eigenvalue weighted by Gasteiger charge is 2.06. The molecule has 1 N–H and O–H groups in total. The van der Waals surface area contributed by atoms with Gasteiger partial charge in [0.2, 0.25) is 5.16 Å². The first kappa shape index (κ1) is 13.8. The normalized spacial score (nSPS) is 11.0. The number of carbonyl (C=O) groups excluding carboxylic acids is 1. The Balaban J connectivity index is 1.87. The van der Waals surface area contributed by atoms with Crippen LogP contribution in [0.4, 0.5) is 0 Å². The van der Waals surface area contributed by atoms with Crippen molar-refractivity contribution in [1.82, 2.24) is 15.2 Å². The largest absolute Gasteiger partial charge is 0.465 e. The van der Waals surface area contributed by atoms with Crippen LogP contribution in [0.3, 0.4) is 0 Å². The van der Waals surface area contributed by atoms with E-state index in [1.165, 1.54) is 11.8 Å². The van der Waals surface area contributed by atoms with Crippen LogP contribution < -0.4 is 0 Å². The fourth-order valence-corrected chi connectivity index (χ4v) is 2.49. The molecule has 0 amide bonds. The van der Waals surface area contributed by atoms with E-state index in [9.17, 15) is 4.79 Å². The van der Waals surface area contributed by atoms with E-state index in [1.807, 2.05) is 29.7 Å². The highest BCUT2D eigenvalue weighted by Crippen LogP contribution is 2.15. The maximum atomic E-state index is 11.2. The van der Waals surface area contributed by atoms with Crippen LogP contribution in [-0.2, 0) is 9.53 Å². The summed E-state index contributed by atoms with van der Waals surface area (Å²) in [6.07, 6.45) is 3.82. The minimum Gasteiger partial charge on any atom is -0.465 e. The van der Waals surface area contributed by atoms with Crippen LogP contribution in [0, 0.1) is 0 Å². The van der Waals surface area contributed by atoms with Gasteiger partial charge in [0.25, 0.3) is 0 Å². The molecule has 0 spiro atoms. The predicted molar refractivity (Wildman–Crippen MR) is 77.0 cm³/mol. The van der Waals surface area contributed by atoms with Crippen molar-refractivity contribution in [2.75, 3.05) is 12.4 Å². The highest BCUT2D eigenvalue weighted by atomic mass is 32.2. The molecule has 0 saturated heterocycles. The average molecular weight is 295 g/mol. The third-order valence-corrected chi connectivity index (χ3v) is 3.71. The average Bonchev–Trinajstić information content (AvgIpc) is 3.06. The number of hydrogen-bond donors (Lipinski definition) is 1. The molecule has 0 bridgehead atoms. The van der Waals surface area contributed by atoms with Crippen LogP contribution in [0.15, 0.2) is 22.7 Å². The predicted octanol–water partition coefficient (Wildman–Crippen LogP) is 2.69. The number of hydrogen-bond acceptors (Lipinski definition) is 6. The van der Waals surface area contributed by atoms with Gasteiger partial charge in [-0.2, -0.15) is 0 Å². The van der Waals surface area contributed by atoms with Gasteiger partial charge in [-0.1, -0.05) is 17.8 Å². The molecule has 0 unspecified atom stereocenters. The number of thioether (sulfide) groups is 1. The summed E-state index contributed by atoms with van der Waals surface area (Å²) in [7, 11) is 0. The van der Waals surface area contributed by atoms with Gasteiger partial charge in [-0.15, -0.1) is 16.4 Å². The third-order valence-electron chi connectivity index (χ3n) is 2.06. The molecule has 2 aromatic rings. The van der Waals surface area contributed by atoms with Gasteiger partial charge in [0.1, 0.15) is 5.82 Å². The molecule has 0 saturated carbocycles. The second-order valence-electron chi connectivity index (χ2n) is 3.45. The maximum absolute atomic E-state index is 11.2. The molecule has 0 atom stereocenters. The molecular weight excluding hydrogens is 282 g/mol. The van der Waals surface area contributed by atoms with Crippen molar-refractivity contribution in [2.24, 2.45) is 0 Å². The zero-order valence-corrected chi connectivity index (χ0v) is 12.0. The Morgan fingerprint density at radius 3 is 3.21 bits per heavy atom. The number of esters is 1. The Morgan fingerprint density at radius 1 is 1.58 bits per heavy atom. The summed E-state index contributed by atoms with van der Waals surface area (Å²) in [6.45, 7) is 2.17. The molecule has 0 aromatic carbocycles. The number of nitrogens with one attached hydrogen (secondary N) is 1. The summed E-state index contributed by atoms with van der Waals surface area (Å²) in [5.41, 5.74) is 0. The van der Waals surface area contributed by atoms with Gasteiger partial charge in [-0.3, -0.25) is 9.89 Å². The maximum Gasteiger partial charge on any atom is 0.316 e. The summed E-state index contributed by atoms with van der Waals surface area (Å²) < 4.78 is 4.83. The minimum absolute atomic E-state index is 0.222. The van der Waals surface area contributed by atoms with Gasteiger partial charge in [0, 0.05) is 4.88 Å². The lowest BCUT2D eigenvalue weighted by Crippen LogP contribution is -2.06. The summed E-state index contributed by atoms with van der Waals surface area (Å²) >= 11 is 2.91. The Bertz CT molecular complexity index is 549. The molecule has 0 aliphatic rings. The number of rotatable bonds is 6. The lowest BCUT2D eigenvalue weighted by atomic mass is 10.4. The van der Waals surface area contributed by atoms with Gasteiger partial charge in [0.05, 0.1) is 12.4 Å². The molecule has 100 valence electrons. The summed E-state index contributed by atoms with van der Waals surface area (Å²) in [5, 5.41) is 9.38. The van der Waals surface area contributed by atoms with Crippen LogP contribution >= 0.6 is 23.1 Å². The first-order chi connectivity index (χ1) is 9.28. The van der Waals surface area contributed by atoms with Gasteiger partial charge in [-0.05, 0) is 30.5 Å². The number of thiophene rings is 1. The first-order valence-corrected chi connectivity index (χ1v) is 7.57. The monoisotopic (exact) mass is 295 g/mol. The van der Waals surface area contributed by atoms with Crippen molar-refractivity contribution in [3.05, 3.63) is 28.2 Å². The Labute approximate surface area is 119 Å². The van der Waals surface area contributed by atoms with Crippen molar-refractivity contribution >= 4 is 41.2 Å². The molecule has 0 radical (unpaired) electrons. The number of carbonyl (C=O) groups is 1. The zero-order chi connectivity index (χ0) is 13.5. The van der Waals surface area contributed by atoms with E-state index in [1.54, 1.807) is 18.3 Å².